The van der Waals surface area contributed by atoms with E-state index in [9.17, 15) is 23.1 Å². The average Bonchev–Trinajstić information content (AvgIpc) is 3.08. The number of benzene rings is 2. The molecule has 4 rings (SSSR count). The lowest BCUT2D eigenvalue weighted by Gasteiger charge is -2.25. The molecule has 0 aliphatic heterocycles. The summed E-state index contributed by atoms with van der Waals surface area (Å²) in [6.07, 6.45) is -2.04. The van der Waals surface area contributed by atoms with Crippen LogP contribution in [0.4, 0.5) is 13.2 Å². The molecular formula is C27H26Cl2F3NO2. The van der Waals surface area contributed by atoms with E-state index in [1.165, 1.54) is 12.1 Å². The van der Waals surface area contributed by atoms with Gasteiger partial charge >= 0.3 is 12.1 Å². The lowest BCUT2D eigenvalue weighted by molar-refractivity contribution is -0.138. The molecular weight excluding hydrogens is 498 g/mol. The van der Waals surface area contributed by atoms with Crippen LogP contribution in [0.2, 0.25) is 10.0 Å². The van der Waals surface area contributed by atoms with Crippen LogP contribution in [-0.2, 0) is 23.9 Å². The number of hydrogen-bond donors (Lipinski definition) is 1. The van der Waals surface area contributed by atoms with E-state index in [0.29, 0.717) is 22.2 Å². The van der Waals surface area contributed by atoms with E-state index < -0.39 is 17.7 Å². The van der Waals surface area contributed by atoms with Gasteiger partial charge in [0.15, 0.2) is 0 Å². The molecule has 0 fully saturated rings. The molecule has 0 radical (unpaired) electrons. The van der Waals surface area contributed by atoms with Crippen molar-refractivity contribution in [3.63, 3.8) is 0 Å². The van der Waals surface area contributed by atoms with Crippen molar-refractivity contribution in [1.82, 2.24) is 4.57 Å². The van der Waals surface area contributed by atoms with E-state index in [-0.39, 0.29) is 18.3 Å². The molecule has 0 saturated heterocycles. The maximum absolute atomic E-state index is 13.1. The van der Waals surface area contributed by atoms with Crippen LogP contribution in [0, 0.1) is 0 Å². The first-order valence-electron chi connectivity index (χ1n) is 11.6. The highest BCUT2D eigenvalue weighted by Crippen LogP contribution is 2.47. The minimum atomic E-state index is -4.40. The SMILES string of the molecule is CC(C)c1c(-c2ccc(Cl)cc2Cl)c2c(n1Cc1ccc(C(F)(F)F)cc1)C(CC(=O)O)CCC2. The Morgan fingerprint density at radius 1 is 1.14 bits per heavy atom. The van der Waals surface area contributed by atoms with Crippen molar-refractivity contribution >= 4 is 29.2 Å². The maximum atomic E-state index is 13.1. The quantitative estimate of drug-likeness (QED) is 0.351. The summed E-state index contributed by atoms with van der Waals surface area (Å²) in [5.74, 6) is -1.01. The van der Waals surface area contributed by atoms with Gasteiger partial charge < -0.3 is 9.67 Å². The van der Waals surface area contributed by atoms with Gasteiger partial charge in [-0.25, -0.2) is 0 Å². The Morgan fingerprint density at radius 2 is 1.83 bits per heavy atom. The number of carbonyl (C=O) groups is 1. The van der Waals surface area contributed by atoms with E-state index in [4.69, 9.17) is 23.2 Å². The zero-order valence-corrected chi connectivity index (χ0v) is 20.9. The molecule has 1 unspecified atom stereocenters. The summed E-state index contributed by atoms with van der Waals surface area (Å²) in [6, 6.07) is 10.5. The third-order valence-electron chi connectivity index (χ3n) is 6.61. The van der Waals surface area contributed by atoms with Crippen molar-refractivity contribution in [2.24, 2.45) is 0 Å². The Kier molecular flexibility index (Phi) is 7.26. The first-order valence-corrected chi connectivity index (χ1v) is 12.3. The summed E-state index contributed by atoms with van der Waals surface area (Å²) < 4.78 is 41.4. The van der Waals surface area contributed by atoms with Crippen LogP contribution in [0.3, 0.4) is 0 Å². The summed E-state index contributed by atoms with van der Waals surface area (Å²) in [6.45, 7) is 4.46. The number of nitrogens with zero attached hydrogens (tertiary/aromatic N) is 1. The lowest BCUT2D eigenvalue weighted by atomic mass is 9.82. The molecule has 3 nitrogen and oxygen atoms in total. The third kappa shape index (κ3) is 5.24. The fraction of sp³-hybridized carbons (Fsp3) is 0.370. The Hall–Kier alpha value is -2.44. The summed E-state index contributed by atoms with van der Waals surface area (Å²) in [4.78, 5) is 11.7. The van der Waals surface area contributed by atoms with Gasteiger partial charge in [-0.05, 0) is 60.6 Å². The van der Waals surface area contributed by atoms with Crippen LogP contribution < -0.4 is 0 Å². The fourth-order valence-corrected chi connectivity index (χ4v) is 5.75. The molecule has 3 aromatic rings. The van der Waals surface area contributed by atoms with E-state index in [0.717, 1.165) is 59.5 Å². The van der Waals surface area contributed by atoms with Gasteiger partial charge in [-0.2, -0.15) is 13.2 Å². The second-order valence-corrected chi connectivity index (χ2v) is 10.2. The number of alkyl halides is 3. The summed E-state index contributed by atoms with van der Waals surface area (Å²) >= 11 is 12.8. The number of aromatic nitrogens is 1. The van der Waals surface area contributed by atoms with Crippen molar-refractivity contribution in [1.29, 1.82) is 0 Å². The van der Waals surface area contributed by atoms with E-state index >= 15 is 0 Å². The molecule has 0 amide bonds. The Balaban J connectivity index is 1.93. The maximum Gasteiger partial charge on any atom is 0.416 e. The second-order valence-electron chi connectivity index (χ2n) is 9.37. The van der Waals surface area contributed by atoms with Gasteiger partial charge in [0.05, 0.1) is 12.0 Å². The average molecular weight is 524 g/mol. The smallest absolute Gasteiger partial charge is 0.416 e. The van der Waals surface area contributed by atoms with Crippen LogP contribution in [0.5, 0.6) is 0 Å². The van der Waals surface area contributed by atoms with Gasteiger partial charge in [-0.3, -0.25) is 4.79 Å². The molecule has 0 spiro atoms. The highest BCUT2D eigenvalue weighted by atomic mass is 35.5. The Morgan fingerprint density at radius 3 is 2.40 bits per heavy atom. The van der Waals surface area contributed by atoms with E-state index in [1.807, 2.05) is 6.07 Å². The van der Waals surface area contributed by atoms with E-state index in [1.54, 1.807) is 12.1 Å². The lowest BCUT2D eigenvalue weighted by Crippen LogP contribution is -2.19. The standard InChI is InChI=1S/C27H26Cl2F3NO2/c1-15(2)25-24(20-11-10-19(28)13-22(20)29)21-5-3-4-17(12-23(34)35)26(21)33(25)14-16-6-8-18(9-7-16)27(30,31)32/h6-11,13,15,17H,3-5,12,14H2,1-2H3,(H,34,35). The minimum absolute atomic E-state index is 0.00461. The molecule has 35 heavy (non-hydrogen) atoms. The van der Waals surface area contributed by atoms with Gasteiger partial charge in [-0.1, -0.05) is 55.2 Å². The molecule has 8 heteroatoms. The Labute approximate surface area is 212 Å². The van der Waals surface area contributed by atoms with Crippen molar-refractivity contribution in [2.45, 2.75) is 64.1 Å². The predicted molar refractivity (Wildman–Crippen MR) is 132 cm³/mol. The number of rotatable bonds is 6. The topological polar surface area (TPSA) is 42.2 Å². The molecule has 1 N–H and O–H groups in total. The highest BCUT2D eigenvalue weighted by molar-refractivity contribution is 6.36. The zero-order chi connectivity index (χ0) is 25.5. The largest absolute Gasteiger partial charge is 0.481 e. The minimum Gasteiger partial charge on any atom is -0.481 e. The van der Waals surface area contributed by atoms with Crippen molar-refractivity contribution < 1.29 is 23.1 Å². The first kappa shape index (κ1) is 25.6. The molecule has 1 aromatic heterocycles. The van der Waals surface area contributed by atoms with Crippen LogP contribution in [0.15, 0.2) is 42.5 Å². The number of halogens is 5. The monoisotopic (exact) mass is 523 g/mol. The van der Waals surface area contributed by atoms with Crippen LogP contribution in [0.1, 0.15) is 73.0 Å². The highest BCUT2D eigenvalue weighted by Gasteiger charge is 2.34. The molecule has 1 aliphatic rings. The summed E-state index contributed by atoms with van der Waals surface area (Å²) in [5.41, 5.74) is 4.85. The van der Waals surface area contributed by atoms with Crippen LogP contribution in [-0.4, -0.2) is 15.6 Å². The van der Waals surface area contributed by atoms with Gasteiger partial charge in [0.25, 0.3) is 0 Å². The van der Waals surface area contributed by atoms with Gasteiger partial charge in [0.1, 0.15) is 0 Å². The summed E-state index contributed by atoms with van der Waals surface area (Å²) in [5, 5.41) is 10.6. The number of aliphatic carboxylic acids is 1. The number of carboxylic acid groups (broad SMARTS) is 1. The molecule has 1 heterocycles. The number of hydrogen-bond acceptors (Lipinski definition) is 1. The zero-order valence-electron chi connectivity index (χ0n) is 19.4. The second kappa shape index (κ2) is 9.90. The molecule has 186 valence electrons. The predicted octanol–water partition coefficient (Wildman–Crippen LogP) is 8.55. The van der Waals surface area contributed by atoms with Crippen LogP contribution >= 0.6 is 23.2 Å². The van der Waals surface area contributed by atoms with Gasteiger partial charge in [0, 0.05) is 45.0 Å². The Bertz CT molecular complexity index is 1250. The third-order valence-corrected chi connectivity index (χ3v) is 7.15. The van der Waals surface area contributed by atoms with Gasteiger partial charge in [-0.15, -0.1) is 0 Å². The number of fused-ring (bicyclic) bond motifs is 1. The molecule has 0 bridgehead atoms. The van der Waals surface area contributed by atoms with Gasteiger partial charge in [0.2, 0.25) is 0 Å². The molecule has 0 saturated carbocycles. The fourth-order valence-electron chi connectivity index (χ4n) is 5.25. The molecule has 1 aliphatic carbocycles. The van der Waals surface area contributed by atoms with Crippen molar-refractivity contribution in [3.05, 3.63) is 80.6 Å². The van der Waals surface area contributed by atoms with Crippen molar-refractivity contribution in [2.75, 3.05) is 0 Å². The molecule has 1 atom stereocenters. The summed E-state index contributed by atoms with van der Waals surface area (Å²) in [7, 11) is 0. The number of carboxylic acids is 1. The normalized spacial score (nSPS) is 15.9. The molecule has 2 aromatic carbocycles. The van der Waals surface area contributed by atoms with E-state index in [2.05, 4.69) is 18.4 Å². The van der Waals surface area contributed by atoms with Crippen LogP contribution in [0.25, 0.3) is 11.1 Å². The van der Waals surface area contributed by atoms with Crippen molar-refractivity contribution in [3.8, 4) is 11.1 Å². The first-order chi connectivity index (χ1) is 16.5.